The van der Waals surface area contributed by atoms with Gasteiger partial charge in [0.2, 0.25) is 5.91 Å². The van der Waals surface area contributed by atoms with Gasteiger partial charge in [-0.25, -0.2) is 4.39 Å². The smallest absolute Gasteiger partial charge is 0.241 e. The lowest BCUT2D eigenvalue weighted by molar-refractivity contribution is -0.117. The number of para-hydroxylation sites is 1. The van der Waals surface area contributed by atoms with Crippen LogP contribution in [0.1, 0.15) is 20.3 Å². The first kappa shape index (κ1) is 13.9. The molecule has 1 aromatic carbocycles. The lowest BCUT2D eigenvalue weighted by Gasteiger charge is -2.15. The van der Waals surface area contributed by atoms with Crippen LogP contribution in [-0.2, 0) is 4.79 Å². The molecule has 94 valence electrons. The van der Waals surface area contributed by atoms with Gasteiger partial charge in [-0.1, -0.05) is 31.5 Å². The molecule has 0 aliphatic heterocycles. The van der Waals surface area contributed by atoms with E-state index in [0.717, 1.165) is 0 Å². The predicted octanol–water partition coefficient (Wildman–Crippen LogP) is 2.79. The second kappa shape index (κ2) is 5.98. The minimum Gasteiger partial charge on any atom is -0.321 e. The van der Waals surface area contributed by atoms with Crippen LogP contribution in [0.25, 0.3) is 0 Å². The summed E-state index contributed by atoms with van der Waals surface area (Å²) in [7, 11) is 0. The molecule has 1 amide bonds. The summed E-state index contributed by atoms with van der Waals surface area (Å²) in [5, 5.41) is 2.57. The maximum Gasteiger partial charge on any atom is 0.241 e. The number of anilines is 1. The number of hydrogen-bond acceptors (Lipinski definition) is 2. The zero-order valence-electron chi connectivity index (χ0n) is 9.84. The number of rotatable bonds is 4. The molecular weight excluding hydrogens is 243 g/mol. The van der Waals surface area contributed by atoms with E-state index in [2.05, 4.69) is 5.32 Å². The molecule has 0 fully saturated rings. The Morgan fingerprint density at radius 2 is 2.18 bits per heavy atom. The predicted molar refractivity (Wildman–Crippen MR) is 67.5 cm³/mol. The average molecular weight is 259 g/mol. The molecule has 0 aliphatic carbocycles. The maximum absolute atomic E-state index is 13.4. The van der Waals surface area contributed by atoms with Gasteiger partial charge < -0.3 is 11.1 Å². The fraction of sp³-hybridized carbons (Fsp3) is 0.417. The molecule has 0 spiro atoms. The van der Waals surface area contributed by atoms with Crippen molar-refractivity contribution in [3.8, 4) is 0 Å². The van der Waals surface area contributed by atoms with E-state index < -0.39 is 17.8 Å². The number of carbonyl (C=O) groups is 1. The first-order valence-electron chi connectivity index (χ1n) is 5.42. The molecule has 0 aliphatic rings. The van der Waals surface area contributed by atoms with E-state index in [1.54, 1.807) is 0 Å². The number of benzene rings is 1. The van der Waals surface area contributed by atoms with E-state index in [0.29, 0.717) is 12.3 Å². The Hall–Kier alpha value is -1.13. The van der Waals surface area contributed by atoms with Crippen LogP contribution in [0.3, 0.4) is 0 Å². The molecule has 0 unspecified atom stereocenters. The number of hydrogen-bond donors (Lipinski definition) is 2. The van der Waals surface area contributed by atoms with Crippen molar-refractivity contribution in [3.05, 3.63) is 29.0 Å². The normalized spacial score (nSPS) is 12.6. The molecule has 0 radical (unpaired) electrons. The van der Waals surface area contributed by atoms with Crippen molar-refractivity contribution in [2.75, 3.05) is 5.32 Å². The van der Waals surface area contributed by atoms with E-state index in [9.17, 15) is 9.18 Å². The third-order valence-corrected chi connectivity index (χ3v) is 2.59. The highest BCUT2D eigenvalue weighted by atomic mass is 35.5. The number of halogens is 2. The molecule has 0 heterocycles. The van der Waals surface area contributed by atoms with E-state index >= 15 is 0 Å². The molecule has 3 nitrogen and oxygen atoms in total. The summed E-state index contributed by atoms with van der Waals surface area (Å²) in [6.07, 6.45) is 0.540. The fourth-order valence-electron chi connectivity index (χ4n) is 1.45. The van der Waals surface area contributed by atoms with Crippen LogP contribution in [0.15, 0.2) is 18.2 Å². The van der Waals surface area contributed by atoms with Crippen molar-refractivity contribution in [1.82, 2.24) is 0 Å². The average Bonchev–Trinajstić information content (AvgIpc) is 2.22. The number of nitrogens with two attached hydrogens (primary N) is 1. The molecule has 1 atom stereocenters. The fourth-order valence-corrected chi connectivity index (χ4v) is 1.66. The Balaban J connectivity index is 2.74. The summed E-state index contributed by atoms with van der Waals surface area (Å²) < 4.78 is 13.4. The van der Waals surface area contributed by atoms with E-state index in [-0.39, 0.29) is 10.7 Å². The Morgan fingerprint density at radius 1 is 1.53 bits per heavy atom. The number of nitrogens with one attached hydrogen (secondary N) is 1. The van der Waals surface area contributed by atoms with Crippen LogP contribution < -0.4 is 11.1 Å². The largest absolute Gasteiger partial charge is 0.321 e. The minimum absolute atomic E-state index is 0.0154. The lowest BCUT2D eigenvalue weighted by Crippen LogP contribution is -2.36. The summed E-state index contributed by atoms with van der Waals surface area (Å²) in [6, 6.07) is 3.55. The van der Waals surface area contributed by atoms with E-state index in [1.807, 2.05) is 13.8 Å². The standard InChI is InChI=1S/C12H16ClFN2O/c1-7(2)6-10(15)12(17)16-11-8(13)4-3-5-9(11)14/h3-5,7,10H,6,15H2,1-2H3,(H,16,17)/t10-/m0/s1. The van der Waals surface area contributed by atoms with Gasteiger partial charge >= 0.3 is 0 Å². The lowest BCUT2D eigenvalue weighted by atomic mass is 10.0. The Bertz CT molecular complexity index is 389. The van der Waals surface area contributed by atoms with Gasteiger partial charge in [0.1, 0.15) is 5.82 Å². The van der Waals surface area contributed by atoms with Crippen LogP contribution >= 0.6 is 11.6 Å². The maximum atomic E-state index is 13.4. The van der Waals surface area contributed by atoms with Gasteiger partial charge in [-0.15, -0.1) is 0 Å². The van der Waals surface area contributed by atoms with Gasteiger partial charge in [0, 0.05) is 0 Å². The van der Waals surface area contributed by atoms with Crippen molar-refractivity contribution in [1.29, 1.82) is 0 Å². The molecular formula is C12H16ClFN2O. The quantitative estimate of drug-likeness (QED) is 0.873. The van der Waals surface area contributed by atoms with Gasteiger partial charge in [0.25, 0.3) is 0 Å². The Morgan fingerprint density at radius 3 is 2.71 bits per heavy atom. The molecule has 0 bridgehead atoms. The van der Waals surface area contributed by atoms with Crippen molar-refractivity contribution in [3.63, 3.8) is 0 Å². The number of amides is 1. The first-order valence-corrected chi connectivity index (χ1v) is 5.80. The van der Waals surface area contributed by atoms with Crippen molar-refractivity contribution < 1.29 is 9.18 Å². The highest BCUT2D eigenvalue weighted by Crippen LogP contribution is 2.24. The summed E-state index contributed by atoms with van der Waals surface area (Å²) in [5.41, 5.74) is 5.67. The summed E-state index contributed by atoms with van der Waals surface area (Å²) in [5.74, 6) is -0.694. The van der Waals surface area contributed by atoms with Crippen LogP contribution in [0.4, 0.5) is 10.1 Å². The topological polar surface area (TPSA) is 55.1 Å². The molecule has 3 N–H and O–H groups in total. The molecule has 1 aromatic rings. The van der Waals surface area contributed by atoms with E-state index in [1.165, 1.54) is 18.2 Å². The van der Waals surface area contributed by atoms with Crippen LogP contribution in [0, 0.1) is 11.7 Å². The molecule has 17 heavy (non-hydrogen) atoms. The van der Waals surface area contributed by atoms with Gasteiger partial charge in [-0.3, -0.25) is 4.79 Å². The highest BCUT2D eigenvalue weighted by molar-refractivity contribution is 6.33. The van der Waals surface area contributed by atoms with Gasteiger partial charge in [-0.2, -0.15) is 0 Å². The third kappa shape index (κ3) is 3.98. The molecule has 0 saturated carbocycles. The second-order valence-electron chi connectivity index (χ2n) is 4.32. The van der Waals surface area contributed by atoms with E-state index in [4.69, 9.17) is 17.3 Å². The van der Waals surface area contributed by atoms with Crippen LogP contribution in [-0.4, -0.2) is 11.9 Å². The Labute approximate surface area is 105 Å². The van der Waals surface area contributed by atoms with Gasteiger partial charge in [0.15, 0.2) is 0 Å². The molecule has 5 heteroatoms. The monoisotopic (exact) mass is 258 g/mol. The van der Waals surface area contributed by atoms with Gasteiger partial charge in [0.05, 0.1) is 16.8 Å². The molecule has 1 rings (SSSR count). The summed E-state index contributed by atoms with van der Waals surface area (Å²) in [6.45, 7) is 3.92. The summed E-state index contributed by atoms with van der Waals surface area (Å²) >= 11 is 5.79. The van der Waals surface area contributed by atoms with Crippen LogP contribution in [0.2, 0.25) is 5.02 Å². The number of carbonyl (C=O) groups excluding carboxylic acids is 1. The van der Waals surface area contributed by atoms with Crippen molar-refractivity contribution >= 4 is 23.2 Å². The van der Waals surface area contributed by atoms with Crippen molar-refractivity contribution in [2.24, 2.45) is 11.7 Å². The first-order chi connectivity index (χ1) is 7.91. The SMILES string of the molecule is CC(C)C[C@H](N)C(=O)Nc1c(F)cccc1Cl. The van der Waals surface area contributed by atoms with Crippen LogP contribution in [0.5, 0.6) is 0 Å². The highest BCUT2D eigenvalue weighted by Gasteiger charge is 2.17. The summed E-state index contributed by atoms with van der Waals surface area (Å²) in [4.78, 5) is 11.7. The zero-order chi connectivity index (χ0) is 13.0. The Kier molecular flexibility index (Phi) is 4.90. The zero-order valence-corrected chi connectivity index (χ0v) is 10.6. The van der Waals surface area contributed by atoms with Gasteiger partial charge in [-0.05, 0) is 24.5 Å². The second-order valence-corrected chi connectivity index (χ2v) is 4.73. The third-order valence-electron chi connectivity index (χ3n) is 2.27. The van der Waals surface area contributed by atoms with Crippen molar-refractivity contribution in [2.45, 2.75) is 26.3 Å². The molecule has 0 aromatic heterocycles. The minimum atomic E-state index is -0.661. The molecule has 0 saturated heterocycles.